The van der Waals surface area contributed by atoms with Crippen molar-refractivity contribution in [2.24, 2.45) is 0 Å². The van der Waals surface area contributed by atoms with Crippen molar-refractivity contribution in [2.45, 2.75) is 26.3 Å². The minimum absolute atomic E-state index is 0.213. The highest BCUT2D eigenvalue weighted by atomic mass is 32.2. The summed E-state index contributed by atoms with van der Waals surface area (Å²) in [5.74, 6) is 0.243. The third-order valence-corrected chi connectivity index (χ3v) is 7.73. The molecular formula is C29H26N4O2S2. The van der Waals surface area contributed by atoms with E-state index in [0.29, 0.717) is 32.8 Å². The number of nitrogens with one attached hydrogen (secondary N) is 1. The Morgan fingerprint density at radius 3 is 2.46 bits per heavy atom. The third kappa shape index (κ3) is 5.08. The Morgan fingerprint density at radius 1 is 1.03 bits per heavy atom. The standard InChI is InChI=1S/C29H26N4O2S2/c1-19-10-9-17-32-26(19)31-25(30-16-15-21-11-5-3-6-12-21)23(27(32)34)18-24-28(35)33(29(36)37-24)20(2)22-13-7-4-8-14-22/h3-14,17-18,20,30H,15-16H2,1-2H3/b24-18-/t20-/m1/s1. The van der Waals surface area contributed by atoms with Crippen LogP contribution in [0.15, 0.2) is 88.7 Å². The van der Waals surface area contributed by atoms with Crippen LogP contribution in [0.1, 0.15) is 35.2 Å². The molecule has 2 aromatic heterocycles. The molecule has 4 aromatic rings. The van der Waals surface area contributed by atoms with Gasteiger partial charge in [0, 0.05) is 12.7 Å². The summed E-state index contributed by atoms with van der Waals surface area (Å²) in [6.07, 6.45) is 4.10. The van der Waals surface area contributed by atoms with Gasteiger partial charge in [0.15, 0.2) is 0 Å². The zero-order valence-corrected chi connectivity index (χ0v) is 22.2. The second-order valence-corrected chi connectivity index (χ2v) is 10.5. The Bertz CT molecular complexity index is 1570. The van der Waals surface area contributed by atoms with E-state index in [4.69, 9.17) is 17.2 Å². The molecule has 1 aliphatic heterocycles. The van der Waals surface area contributed by atoms with Gasteiger partial charge in [-0.25, -0.2) is 4.98 Å². The summed E-state index contributed by atoms with van der Waals surface area (Å²) in [6.45, 7) is 4.46. The number of thiocarbonyl (C=S) groups is 1. The van der Waals surface area contributed by atoms with Crippen LogP contribution in [0.25, 0.3) is 11.7 Å². The maximum absolute atomic E-state index is 13.6. The van der Waals surface area contributed by atoms with E-state index < -0.39 is 0 Å². The van der Waals surface area contributed by atoms with Gasteiger partial charge in [0.05, 0.1) is 16.5 Å². The molecule has 0 saturated carbocycles. The van der Waals surface area contributed by atoms with Crippen LogP contribution in [0.5, 0.6) is 0 Å². The molecule has 1 saturated heterocycles. The molecule has 8 heteroatoms. The first-order chi connectivity index (χ1) is 17.9. The summed E-state index contributed by atoms with van der Waals surface area (Å²) in [4.78, 5) is 33.9. The molecule has 1 atom stereocenters. The molecular weight excluding hydrogens is 500 g/mol. The van der Waals surface area contributed by atoms with Gasteiger partial charge in [-0.3, -0.25) is 18.9 Å². The monoisotopic (exact) mass is 526 g/mol. The molecule has 1 amide bonds. The van der Waals surface area contributed by atoms with Crippen LogP contribution in [0.4, 0.5) is 5.82 Å². The summed E-state index contributed by atoms with van der Waals surface area (Å²) >= 11 is 6.80. The van der Waals surface area contributed by atoms with Gasteiger partial charge in [-0.1, -0.05) is 90.7 Å². The van der Waals surface area contributed by atoms with Crippen molar-refractivity contribution in [1.82, 2.24) is 14.3 Å². The molecule has 2 aromatic carbocycles. The molecule has 1 aliphatic rings. The van der Waals surface area contributed by atoms with E-state index in [2.05, 4.69) is 17.4 Å². The maximum Gasteiger partial charge on any atom is 0.267 e. The van der Waals surface area contributed by atoms with Crippen molar-refractivity contribution in [3.63, 3.8) is 0 Å². The minimum Gasteiger partial charge on any atom is -0.369 e. The molecule has 1 N–H and O–H groups in total. The molecule has 6 nitrogen and oxygen atoms in total. The van der Waals surface area contributed by atoms with Crippen LogP contribution in [-0.2, 0) is 11.2 Å². The van der Waals surface area contributed by atoms with Crippen molar-refractivity contribution in [2.75, 3.05) is 11.9 Å². The molecule has 1 fully saturated rings. The first-order valence-corrected chi connectivity index (χ1v) is 13.3. The predicted molar refractivity (Wildman–Crippen MR) is 155 cm³/mol. The van der Waals surface area contributed by atoms with Gasteiger partial charge >= 0.3 is 0 Å². The van der Waals surface area contributed by atoms with E-state index >= 15 is 0 Å². The maximum atomic E-state index is 13.6. The normalized spacial score (nSPS) is 15.5. The predicted octanol–water partition coefficient (Wildman–Crippen LogP) is 5.62. The summed E-state index contributed by atoms with van der Waals surface area (Å²) in [5.41, 5.74) is 3.74. The Hall–Kier alpha value is -3.75. The number of hydrogen-bond donors (Lipinski definition) is 1. The lowest BCUT2D eigenvalue weighted by Gasteiger charge is -2.23. The van der Waals surface area contributed by atoms with E-state index in [1.54, 1.807) is 17.2 Å². The lowest BCUT2D eigenvalue weighted by molar-refractivity contribution is -0.123. The van der Waals surface area contributed by atoms with Crippen molar-refractivity contribution < 1.29 is 4.79 Å². The largest absolute Gasteiger partial charge is 0.369 e. The minimum atomic E-state index is -0.239. The number of fused-ring (bicyclic) bond motifs is 1. The van der Waals surface area contributed by atoms with Gasteiger partial charge in [-0.15, -0.1) is 0 Å². The quantitative estimate of drug-likeness (QED) is 0.249. The van der Waals surface area contributed by atoms with Crippen LogP contribution in [0.3, 0.4) is 0 Å². The van der Waals surface area contributed by atoms with Crippen LogP contribution < -0.4 is 10.9 Å². The van der Waals surface area contributed by atoms with Gasteiger partial charge in [-0.05, 0) is 49.1 Å². The molecule has 0 radical (unpaired) electrons. The Labute approximate surface area is 225 Å². The lowest BCUT2D eigenvalue weighted by Crippen LogP contribution is -2.31. The summed E-state index contributed by atoms with van der Waals surface area (Å²) < 4.78 is 1.99. The summed E-state index contributed by atoms with van der Waals surface area (Å²) in [5, 5.41) is 3.35. The first-order valence-electron chi connectivity index (χ1n) is 12.1. The van der Waals surface area contributed by atoms with Crippen LogP contribution >= 0.6 is 24.0 Å². The average molecular weight is 527 g/mol. The van der Waals surface area contributed by atoms with Crippen LogP contribution in [0, 0.1) is 6.92 Å². The SMILES string of the molecule is Cc1cccn2c(=O)c(/C=C3\SC(=S)N([C@H](C)c4ccccc4)C3=O)c(NCCc3ccccc3)nc12. The van der Waals surface area contributed by atoms with Gasteiger partial charge in [-0.2, -0.15) is 0 Å². The highest BCUT2D eigenvalue weighted by Gasteiger charge is 2.36. The molecule has 0 bridgehead atoms. The fraction of sp³-hybridized carbons (Fsp3) is 0.172. The van der Waals surface area contributed by atoms with Gasteiger partial charge < -0.3 is 5.32 Å². The fourth-order valence-corrected chi connectivity index (χ4v) is 5.77. The van der Waals surface area contributed by atoms with Crippen molar-refractivity contribution in [1.29, 1.82) is 0 Å². The number of carbonyl (C=O) groups is 1. The van der Waals surface area contributed by atoms with E-state index in [1.807, 2.05) is 74.5 Å². The van der Waals surface area contributed by atoms with Crippen molar-refractivity contribution >= 4 is 51.7 Å². The lowest BCUT2D eigenvalue weighted by atomic mass is 10.1. The smallest absolute Gasteiger partial charge is 0.267 e. The highest BCUT2D eigenvalue weighted by molar-refractivity contribution is 8.26. The van der Waals surface area contributed by atoms with Gasteiger partial charge in [0.2, 0.25) is 0 Å². The second kappa shape index (κ2) is 10.7. The topological polar surface area (TPSA) is 66.7 Å². The summed E-state index contributed by atoms with van der Waals surface area (Å²) in [6, 6.07) is 23.4. The van der Waals surface area contributed by atoms with Gasteiger partial charge in [0.1, 0.15) is 15.8 Å². The van der Waals surface area contributed by atoms with E-state index in [1.165, 1.54) is 21.7 Å². The molecule has 0 unspecified atom stereocenters. The number of rotatable bonds is 7. The number of amides is 1. The average Bonchev–Trinajstić information content (AvgIpc) is 3.19. The number of benzene rings is 2. The molecule has 3 heterocycles. The van der Waals surface area contributed by atoms with Crippen LogP contribution in [-0.4, -0.2) is 31.1 Å². The molecule has 5 rings (SSSR count). The van der Waals surface area contributed by atoms with E-state index in [-0.39, 0.29) is 17.5 Å². The second-order valence-electron chi connectivity index (χ2n) is 8.86. The first kappa shape index (κ1) is 24.9. The van der Waals surface area contributed by atoms with Gasteiger partial charge in [0.25, 0.3) is 11.5 Å². The number of hydrogen-bond acceptors (Lipinski definition) is 6. The zero-order valence-electron chi connectivity index (χ0n) is 20.5. The highest BCUT2D eigenvalue weighted by Crippen LogP contribution is 2.38. The van der Waals surface area contributed by atoms with E-state index in [9.17, 15) is 9.59 Å². The number of nitrogens with zero attached hydrogens (tertiary/aromatic N) is 3. The Kier molecular flexibility index (Phi) is 7.21. The van der Waals surface area contributed by atoms with E-state index in [0.717, 1.165) is 17.5 Å². The fourth-order valence-electron chi connectivity index (χ4n) is 4.37. The number of thioether (sulfide) groups is 1. The van der Waals surface area contributed by atoms with Crippen molar-refractivity contribution in [3.05, 3.63) is 117 Å². The number of aryl methyl sites for hydroxylation is 1. The Balaban J connectivity index is 1.51. The number of carbonyl (C=O) groups excluding carboxylic acids is 1. The third-order valence-electron chi connectivity index (χ3n) is 6.40. The molecule has 186 valence electrons. The van der Waals surface area contributed by atoms with Crippen LogP contribution in [0.2, 0.25) is 0 Å². The number of aromatic nitrogens is 2. The number of pyridine rings is 1. The molecule has 0 spiro atoms. The number of anilines is 1. The summed E-state index contributed by atoms with van der Waals surface area (Å²) in [7, 11) is 0. The van der Waals surface area contributed by atoms with Crippen molar-refractivity contribution in [3.8, 4) is 0 Å². The molecule has 37 heavy (non-hydrogen) atoms. The zero-order chi connectivity index (χ0) is 25.9. The molecule has 0 aliphatic carbocycles. The Morgan fingerprint density at radius 2 is 1.73 bits per heavy atom.